The van der Waals surface area contributed by atoms with E-state index in [2.05, 4.69) is 0 Å². The lowest BCUT2D eigenvalue weighted by molar-refractivity contribution is -0.126. The third-order valence-corrected chi connectivity index (χ3v) is 4.59. The van der Waals surface area contributed by atoms with Gasteiger partial charge in [0.1, 0.15) is 5.78 Å². The summed E-state index contributed by atoms with van der Waals surface area (Å²) in [6.45, 7) is 0.290. The van der Waals surface area contributed by atoms with E-state index in [9.17, 15) is 4.79 Å². The van der Waals surface area contributed by atoms with Gasteiger partial charge in [-0.05, 0) is 48.8 Å². The maximum Gasteiger partial charge on any atom is 0.231 e. The summed E-state index contributed by atoms with van der Waals surface area (Å²) in [5.41, 5.74) is 1.65. The van der Waals surface area contributed by atoms with E-state index in [1.165, 1.54) is 12.8 Å². The predicted molar refractivity (Wildman–Crippen MR) is 65.7 cm³/mol. The maximum absolute atomic E-state index is 12.1. The molecule has 94 valence electrons. The molecule has 1 aliphatic heterocycles. The van der Waals surface area contributed by atoms with E-state index in [1.54, 1.807) is 0 Å². The van der Waals surface area contributed by atoms with Gasteiger partial charge in [0.2, 0.25) is 6.79 Å². The van der Waals surface area contributed by atoms with Gasteiger partial charge < -0.3 is 9.47 Å². The predicted octanol–water partition coefficient (Wildman–Crippen LogP) is 2.72. The highest BCUT2D eigenvalue weighted by Crippen LogP contribution is 2.63. The first-order valence-corrected chi connectivity index (χ1v) is 6.65. The summed E-state index contributed by atoms with van der Waals surface area (Å²) in [6, 6.07) is 5.80. The van der Waals surface area contributed by atoms with Crippen molar-refractivity contribution < 1.29 is 14.3 Å². The number of Topliss-reactive ketones (excluding diaryl/α,β-unsaturated/α-hetero) is 1. The fourth-order valence-electron chi connectivity index (χ4n) is 3.19. The lowest BCUT2D eigenvalue weighted by Gasteiger charge is -2.34. The summed E-state index contributed by atoms with van der Waals surface area (Å²) in [6.07, 6.45) is 5.51. The van der Waals surface area contributed by atoms with Gasteiger partial charge in [0.15, 0.2) is 11.5 Å². The van der Waals surface area contributed by atoms with Crippen LogP contribution in [-0.2, 0) is 11.2 Å². The molecule has 0 unspecified atom stereocenters. The molecule has 0 amide bonds. The van der Waals surface area contributed by atoms with Crippen LogP contribution in [0.5, 0.6) is 11.5 Å². The molecule has 1 heterocycles. The van der Waals surface area contributed by atoms with Crippen molar-refractivity contribution in [1.82, 2.24) is 0 Å². The molecule has 3 heteroatoms. The van der Waals surface area contributed by atoms with Crippen molar-refractivity contribution in [2.75, 3.05) is 6.79 Å². The summed E-state index contributed by atoms with van der Waals surface area (Å²) in [7, 11) is 0. The third kappa shape index (κ3) is 1.61. The molecule has 2 saturated carbocycles. The molecule has 2 aliphatic carbocycles. The Labute approximate surface area is 106 Å². The fourth-order valence-corrected chi connectivity index (χ4v) is 3.19. The molecule has 0 radical (unpaired) electrons. The average Bonchev–Trinajstić information content (AvgIpc) is 2.99. The topological polar surface area (TPSA) is 35.5 Å². The zero-order valence-corrected chi connectivity index (χ0v) is 10.3. The number of carbonyl (C=O) groups excluding carboxylic acids is 1. The first kappa shape index (κ1) is 10.4. The van der Waals surface area contributed by atoms with Crippen LogP contribution in [0.1, 0.15) is 31.2 Å². The van der Waals surface area contributed by atoms with Crippen molar-refractivity contribution in [2.45, 2.75) is 32.1 Å². The van der Waals surface area contributed by atoms with Gasteiger partial charge in [-0.15, -0.1) is 0 Å². The number of ketones is 1. The standard InChI is InChI=1S/C15H16O3/c16-12(11-7-15(8-11)3-4-15)5-10-1-2-13-14(6-10)18-9-17-13/h1-2,6,11H,3-5,7-9H2. The molecule has 18 heavy (non-hydrogen) atoms. The van der Waals surface area contributed by atoms with Crippen LogP contribution in [0, 0.1) is 11.3 Å². The Balaban J connectivity index is 1.43. The number of fused-ring (bicyclic) bond motifs is 1. The summed E-state index contributed by atoms with van der Waals surface area (Å²) in [5, 5.41) is 0. The second-order valence-corrected chi connectivity index (χ2v) is 5.94. The zero-order valence-electron chi connectivity index (χ0n) is 10.3. The smallest absolute Gasteiger partial charge is 0.231 e. The molecule has 3 aliphatic rings. The van der Waals surface area contributed by atoms with E-state index in [4.69, 9.17) is 9.47 Å². The van der Waals surface area contributed by atoms with Gasteiger partial charge in [0.05, 0.1) is 0 Å². The lowest BCUT2D eigenvalue weighted by Crippen LogP contribution is -2.32. The van der Waals surface area contributed by atoms with Crippen LogP contribution >= 0.6 is 0 Å². The van der Waals surface area contributed by atoms with Crippen LogP contribution in [0.4, 0.5) is 0 Å². The quantitative estimate of drug-likeness (QED) is 0.820. The summed E-state index contributed by atoms with van der Waals surface area (Å²) >= 11 is 0. The molecule has 1 spiro atoms. The Hall–Kier alpha value is -1.51. The second-order valence-electron chi connectivity index (χ2n) is 5.94. The van der Waals surface area contributed by atoms with E-state index in [-0.39, 0.29) is 6.79 Å². The molecule has 0 N–H and O–H groups in total. The largest absolute Gasteiger partial charge is 0.454 e. The second kappa shape index (κ2) is 3.50. The highest BCUT2D eigenvalue weighted by Gasteiger charge is 2.54. The summed E-state index contributed by atoms with van der Waals surface area (Å²) in [4.78, 5) is 12.1. The zero-order chi connectivity index (χ0) is 12.2. The Morgan fingerprint density at radius 2 is 2.00 bits per heavy atom. The van der Waals surface area contributed by atoms with Gasteiger partial charge in [-0.25, -0.2) is 0 Å². The van der Waals surface area contributed by atoms with Crippen molar-refractivity contribution in [1.29, 1.82) is 0 Å². The molecule has 3 nitrogen and oxygen atoms in total. The van der Waals surface area contributed by atoms with Gasteiger partial charge in [0.25, 0.3) is 0 Å². The van der Waals surface area contributed by atoms with Gasteiger partial charge in [-0.1, -0.05) is 6.07 Å². The van der Waals surface area contributed by atoms with Crippen LogP contribution in [0.2, 0.25) is 0 Å². The SMILES string of the molecule is O=C(Cc1ccc2c(c1)OCO2)C1CC2(CC2)C1. The first-order valence-electron chi connectivity index (χ1n) is 6.65. The van der Waals surface area contributed by atoms with Crippen molar-refractivity contribution in [3.63, 3.8) is 0 Å². The molecule has 0 saturated heterocycles. The Kier molecular flexibility index (Phi) is 2.02. The number of rotatable bonds is 3. The van der Waals surface area contributed by atoms with E-state index in [1.807, 2.05) is 18.2 Å². The Morgan fingerprint density at radius 3 is 2.78 bits per heavy atom. The van der Waals surface area contributed by atoms with Crippen molar-refractivity contribution in [3.8, 4) is 11.5 Å². The molecule has 1 aromatic carbocycles. The minimum Gasteiger partial charge on any atom is -0.454 e. The highest BCUT2D eigenvalue weighted by atomic mass is 16.7. The summed E-state index contributed by atoms with van der Waals surface area (Å²) < 4.78 is 10.6. The molecule has 4 rings (SSSR count). The minimum absolute atomic E-state index is 0.290. The van der Waals surface area contributed by atoms with Crippen LogP contribution < -0.4 is 9.47 Å². The average molecular weight is 244 g/mol. The molecular formula is C15H16O3. The minimum atomic E-state index is 0.290. The monoisotopic (exact) mass is 244 g/mol. The number of hydrogen-bond donors (Lipinski definition) is 0. The molecule has 0 aromatic heterocycles. The van der Waals surface area contributed by atoms with Crippen LogP contribution in [-0.4, -0.2) is 12.6 Å². The van der Waals surface area contributed by atoms with Crippen LogP contribution in [0.3, 0.4) is 0 Å². The van der Waals surface area contributed by atoms with E-state index >= 15 is 0 Å². The number of ether oxygens (including phenoxy) is 2. The van der Waals surface area contributed by atoms with E-state index in [0.29, 0.717) is 23.5 Å². The van der Waals surface area contributed by atoms with Crippen molar-refractivity contribution in [2.24, 2.45) is 11.3 Å². The first-order chi connectivity index (χ1) is 8.74. The number of carbonyl (C=O) groups is 1. The molecule has 2 fully saturated rings. The maximum atomic E-state index is 12.1. The molecule has 1 aromatic rings. The molecular weight excluding hydrogens is 228 g/mol. The van der Waals surface area contributed by atoms with Crippen LogP contribution in [0.25, 0.3) is 0 Å². The van der Waals surface area contributed by atoms with Crippen molar-refractivity contribution in [3.05, 3.63) is 23.8 Å². The van der Waals surface area contributed by atoms with Gasteiger partial charge in [0, 0.05) is 12.3 Å². The van der Waals surface area contributed by atoms with E-state index in [0.717, 1.165) is 29.9 Å². The van der Waals surface area contributed by atoms with Crippen molar-refractivity contribution >= 4 is 5.78 Å². The van der Waals surface area contributed by atoms with Gasteiger partial charge >= 0.3 is 0 Å². The van der Waals surface area contributed by atoms with Crippen LogP contribution in [0.15, 0.2) is 18.2 Å². The molecule has 0 atom stereocenters. The number of hydrogen-bond acceptors (Lipinski definition) is 3. The highest BCUT2D eigenvalue weighted by molar-refractivity contribution is 5.84. The third-order valence-electron chi connectivity index (χ3n) is 4.59. The normalized spacial score (nSPS) is 22.9. The Bertz CT molecular complexity index is 508. The summed E-state index contributed by atoms with van der Waals surface area (Å²) in [5.74, 6) is 2.27. The van der Waals surface area contributed by atoms with Gasteiger partial charge in [-0.3, -0.25) is 4.79 Å². The van der Waals surface area contributed by atoms with E-state index < -0.39 is 0 Å². The Morgan fingerprint density at radius 1 is 1.22 bits per heavy atom. The fraction of sp³-hybridized carbons (Fsp3) is 0.533. The number of benzene rings is 1. The lowest BCUT2D eigenvalue weighted by atomic mass is 9.69. The van der Waals surface area contributed by atoms with Gasteiger partial charge in [-0.2, -0.15) is 0 Å². The molecule has 0 bridgehead atoms.